The van der Waals surface area contributed by atoms with E-state index >= 15 is 0 Å². The summed E-state index contributed by atoms with van der Waals surface area (Å²) < 4.78 is 7.28. The highest BCUT2D eigenvalue weighted by atomic mass is 16.6. The molecular weight excluding hydrogens is 320 g/mol. The molecule has 2 heterocycles. The van der Waals surface area contributed by atoms with Gasteiger partial charge < -0.3 is 20.3 Å². The molecule has 25 heavy (non-hydrogen) atoms. The molecule has 1 unspecified atom stereocenters. The number of ether oxygens (including phenoxy) is 1. The first-order valence-electron chi connectivity index (χ1n) is 8.69. The molecule has 1 aromatic rings. The summed E-state index contributed by atoms with van der Waals surface area (Å²) >= 11 is 0. The Morgan fingerprint density at radius 2 is 2.16 bits per heavy atom. The Kier molecular flexibility index (Phi) is 6.27. The van der Waals surface area contributed by atoms with Crippen molar-refractivity contribution in [2.45, 2.75) is 45.9 Å². The second-order valence-electron chi connectivity index (χ2n) is 7.51. The highest BCUT2D eigenvalue weighted by Gasteiger charge is 2.34. The maximum Gasteiger partial charge on any atom is 0.410 e. The molecule has 0 saturated carbocycles. The first-order chi connectivity index (χ1) is 11.8. The van der Waals surface area contributed by atoms with Crippen molar-refractivity contribution >= 4 is 12.1 Å². The number of nitrogens with one attached hydrogen (secondary N) is 2. The zero-order valence-corrected chi connectivity index (χ0v) is 15.8. The fourth-order valence-electron chi connectivity index (χ4n) is 2.50. The molecule has 0 aromatic carbocycles. The summed E-state index contributed by atoms with van der Waals surface area (Å²) in [6, 6.07) is 2.12. The molecule has 2 rings (SSSR count). The second kappa shape index (κ2) is 8.22. The van der Waals surface area contributed by atoms with Crippen molar-refractivity contribution in [3.05, 3.63) is 18.5 Å². The molecule has 1 fully saturated rings. The van der Waals surface area contributed by atoms with Gasteiger partial charge in [-0.05, 0) is 32.8 Å². The molecule has 1 atom stereocenters. The molecule has 0 bridgehead atoms. The lowest BCUT2D eigenvalue weighted by Crippen LogP contribution is -2.63. The van der Waals surface area contributed by atoms with Crippen LogP contribution < -0.4 is 10.6 Å². The van der Waals surface area contributed by atoms with E-state index in [1.54, 1.807) is 18.1 Å². The number of aromatic nitrogens is 2. The smallest absolute Gasteiger partial charge is 0.410 e. The van der Waals surface area contributed by atoms with Gasteiger partial charge in [-0.15, -0.1) is 0 Å². The molecule has 0 aliphatic carbocycles. The molecule has 140 valence electrons. The van der Waals surface area contributed by atoms with E-state index in [4.69, 9.17) is 4.74 Å². The highest BCUT2D eigenvalue weighted by molar-refractivity contribution is 5.80. The third-order valence-corrected chi connectivity index (χ3v) is 3.77. The first-order valence-corrected chi connectivity index (χ1v) is 8.69. The molecule has 1 aromatic heterocycles. The predicted molar refractivity (Wildman–Crippen MR) is 97.5 cm³/mol. The third kappa shape index (κ3) is 6.28. The van der Waals surface area contributed by atoms with E-state index in [9.17, 15) is 4.79 Å². The van der Waals surface area contributed by atoms with E-state index in [1.165, 1.54) is 0 Å². The van der Waals surface area contributed by atoms with Crippen molar-refractivity contribution in [2.24, 2.45) is 10.9 Å². The summed E-state index contributed by atoms with van der Waals surface area (Å²) in [4.78, 5) is 17.9. The Hall–Kier alpha value is -2.25. The van der Waals surface area contributed by atoms with Crippen molar-refractivity contribution in [1.29, 1.82) is 0 Å². The maximum atomic E-state index is 11.9. The number of carbonyl (C=O) groups excluding carboxylic acids is 1. The van der Waals surface area contributed by atoms with Crippen LogP contribution in [0.5, 0.6) is 0 Å². The van der Waals surface area contributed by atoms with Crippen LogP contribution in [0.25, 0.3) is 0 Å². The Morgan fingerprint density at radius 1 is 1.44 bits per heavy atom. The van der Waals surface area contributed by atoms with Crippen molar-refractivity contribution in [1.82, 2.24) is 25.3 Å². The molecule has 1 aliphatic heterocycles. The highest BCUT2D eigenvalue weighted by Crippen LogP contribution is 2.15. The lowest BCUT2D eigenvalue weighted by molar-refractivity contribution is 0.00701. The Balaban J connectivity index is 1.67. The SMILES string of the molecule is CN=C(NCC(C)Cn1cccn1)NC1CN(C(=O)OC(C)(C)C)C1. The van der Waals surface area contributed by atoms with Crippen LogP contribution in [0.2, 0.25) is 0 Å². The van der Waals surface area contributed by atoms with Gasteiger partial charge in [0, 0.05) is 45.6 Å². The van der Waals surface area contributed by atoms with Crippen LogP contribution in [0.15, 0.2) is 23.5 Å². The second-order valence-corrected chi connectivity index (χ2v) is 7.51. The summed E-state index contributed by atoms with van der Waals surface area (Å²) in [7, 11) is 1.75. The molecule has 1 amide bonds. The topological polar surface area (TPSA) is 83.8 Å². The van der Waals surface area contributed by atoms with Crippen LogP contribution in [0.1, 0.15) is 27.7 Å². The maximum absolute atomic E-state index is 11.9. The van der Waals surface area contributed by atoms with Crippen LogP contribution in [0, 0.1) is 5.92 Å². The van der Waals surface area contributed by atoms with E-state index in [2.05, 4.69) is 27.6 Å². The number of hydrogen-bond donors (Lipinski definition) is 2. The molecule has 8 heteroatoms. The van der Waals surface area contributed by atoms with Gasteiger partial charge in [-0.1, -0.05) is 6.92 Å². The Labute approximate surface area is 149 Å². The van der Waals surface area contributed by atoms with E-state index in [1.807, 2.05) is 37.7 Å². The van der Waals surface area contributed by atoms with E-state index in [-0.39, 0.29) is 12.1 Å². The largest absolute Gasteiger partial charge is 0.444 e. The van der Waals surface area contributed by atoms with Crippen LogP contribution in [-0.2, 0) is 11.3 Å². The standard InChI is InChI=1S/C17H30N6O2/c1-13(10-23-8-6-7-20-23)9-19-15(18-5)21-14-11-22(12-14)16(24)25-17(2,3)4/h6-8,13-14H,9-12H2,1-5H3,(H2,18,19,21). The number of guanidine groups is 1. The fraction of sp³-hybridized carbons (Fsp3) is 0.706. The summed E-state index contributed by atoms with van der Waals surface area (Å²) in [5.74, 6) is 1.17. The van der Waals surface area contributed by atoms with E-state index in [0.717, 1.165) is 19.0 Å². The van der Waals surface area contributed by atoms with Gasteiger partial charge in [0.15, 0.2) is 5.96 Å². The quantitative estimate of drug-likeness (QED) is 0.618. The van der Waals surface area contributed by atoms with Crippen LogP contribution in [-0.4, -0.2) is 65.1 Å². The van der Waals surface area contributed by atoms with Crippen LogP contribution in [0.3, 0.4) is 0 Å². The van der Waals surface area contributed by atoms with E-state index < -0.39 is 5.60 Å². The van der Waals surface area contributed by atoms with Crippen molar-refractivity contribution in [3.63, 3.8) is 0 Å². The average Bonchev–Trinajstić information content (AvgIpc) is 2.96. The minimum atomic E-state index is -0.460. The Bertz CT molecular complexity index is 572. The summed E-state index contributed by atoms with van der Waals surface area (Å²) in [6.07, 6.45) is 3.48. The average molecular weight is 350 g/mol. The van der Waals surface area contributed by atoms with Crippen LogP contribution in [0.4, 0.5) is 4.79 Å². The van der Waals surface area contributed by atoms with E-state index in [0.29, 0.717) is 19.0 Å². The van der Waals surface area contributed by atoms with Gasteiger partial charge in [-0.3, -0.25) is 9.67 Å². The summed E-state index contributed by atoms with van der Waals surface area (Å²) in [6.45, 7) is 10.7. The lowest BCUT2D eigenvalue weighted by atomic mass is 10.1. The summed E-state index contributed by atoms with van der Waals surface area (Å²) in [5, 5.41) is 10.9. The molecule has 0 spiro atoms. The predicted octanol–water partition coefficient (Wildman–Crippen LogP) is 1.30. The van der Waals surface area contributed by atoms with Gasteiger partial charge >= 0.3 is 6.09 Å². The molecular formula is C17H30N6O2. The number of amides is 1. The zero-order valence-electron chi connectivity index (χ0n) is 15.8. The fourth-order valence-corrected chi connectivity index (χ4v) is 2.50. The van der Waals surface area contributed by atoms with Gasteiger partial charge in [0.1, 0.15) is 5.60 Å². The number of likely N-dealkylation sites (tertiary alicyclic amines) is 1. The zero-order chi connectivity index (χ0) is 18.4. The number of carbonyl (C=O) groups is 1. The van der Waals surface area contributed by atoms with Crippen molar-refractivity contribution in [2.75, 3.05) is 26.7 Å². The number of hydrogen-bond acceptors (Lipinski definition) is 4. The minimum absolute atomic E-state index is 0.195. The van der Waals surface area contributed by atoms with Crippen LogP contribution >= 0.6 is 0 Å². The number of aliphatic imine (C=N–C) groups is 1. The normalized spacial score (nSPS) is 17.0. The molecule has 1 aliphatic rings. The third-order valence-electron chi connectivity index (χ3n) is 3.77. The number of nitrogens with zero attached hydrogens (tertiary/aromatic N) is 4. The van der Waals surface area contributed by atoms with Crippen molar-refractivity contribution < 1.29 is 9.53 Å². The van der Waals surface area contributed by atoms with Gasteiger partial charge in [0.05, 0.1) is 6.04 Å². The summed E-state index contributed by atoms with van der Waals surface area (Å²) in [5.41, 5.74) is -0.460. The number of rotatable bonds is 5. The van der Waals surface area contributed by atoms with Crippen molar-refractivity contribution in [3.8, 4) is 0 Å². The first kappa shape index (κ1) is 19.1. The molecule has 2 N–H and O–H groups in total. The Morgan fingerprint density at radius 3 is 2.72 bits per heavy atom. The van der Waals surface area contributed by atoms with Gasteiger partial charge in [-0.2, -0.15) is 5.10 Å². The molecule has 8 nitrogen and oxygen atoms in total. The monoisotopic (exact) mass is 350 g/mol. The molecule has 1 saturated heterocycles. The lowest BCUT2D eigenvalue weighted by Gasteiger charge is -2.40. The van der Waals surface area contributed by atoms with Gasteiger partial charge in [0.2, 0.25) is 0 Å². The minimum Gasteiger partial charge on any atom is -0.444 e. The van der Waals surface area contributed by atoms with Gasteiger partial charge in [-0.25, -0.2) is 4.79 Å². The molecule has 0 radical (unpaired) electrons. The van der Waals surface area contributed by atoms with Gasteiger partial charge in [0.25, 0.3) is 0 Å².